The Labute approximate surface area is 236 Å². The molecule has 41 heavy (non-hydrogen) atoms. The molecule has 0 aromatic carbocycles. The molecular formula is C30H35F3N6O2. The summed E-state index contributed by atoms with van der Waals surface area (Å²) in [6.45, 7) is 8.37. The maximum Gasteiger partial charge on any atom is 0.416 e. The lowest BCUT2D eigenvalue weighted by Gasteiger charge is -2.34. The number of fused-ring (bicyclic) bond motifs is 1. The first-order chi connectivity index (χ1) is 19.4. The van der Waals surface area contributed by atoms with Crippen LogP contribution in [0.1, 0.15) is 81.9 Å². The van der Waals surface area contributed by atoms with Gasteiger partial charge in [-0.1, -0.05) is 52.3 Å². The molecule has 2 N–H and O–H groups in total. The molecule has 0 bridgehead atoms. The number of nitrogens with zero attached hydrogens (tertiary/aromatic N) is 5. The van der Waals surface area contributed by atoms with Gasteiger partial charge in [-0.3, -0.25) is 4.98 Å². The summed E-state index contributed by atoms with van der Waals surface area (Å²) >= 11 is 0. The zero-order valence-electron chi connectivity index (χ0n) is 23.7. The molecule has 0 radical (unpaired) electrons. The van der Waals surface area contributed by atoms with Crippen molar-refractivity contribution in [3.05, 3.63) is 53.5 Å². The molecule has 3 aromatic heterocycles. The number of carboxylic acid groups (broad SMARTS) is 1. The lowest BCUT2D eigenvalue weighted by Crippen LogP contribution is -2.34. The Bertz CT molecular complexity index is 1520. The van der Waals surface area contributed by atoms with E-state index in [-0.39, 0.29) is 36.4 Å². The second-order valence-corrected chi connectivity index (χ2v) is 11.7. The molecule has 8 nitrogen and oxygen atoms in total. The lowest BCUT2D eigenvalue weighted by molar-refractivity contribution is -0.0889. The van der Waals surface area contributed by atoms with E-state index in [4.69, 9.17) is 4.98 Å². The van der Waals surface area contributed by atoms with Crippen molar-refractivity contribution in [1.29, 1.82) is 0 Å². The predicted molar refractivity (Wildman–Crippen MR) is 151 cm³/mol. The number of hydrogen-bond acceptors (Lipinski definition) is 6. The summed E-state index contributed by atoms with van der Waals surface area (Å²) in [7, 11) is 0. The normalized spacial score (nSPS) is 20.2. The number of rotatable bonds is 9. The van der Waals surface area contributed by atoms with Crippen molar-refractivity contribution in [3.8, 4) is 11.5 Å². The molecule has 0 saturated heterocycles. The van der Waals surface area contributed by atoms with Crippen LogP contribution in [0.15, 0.2) is 42.1 Å². The first-order valence-electron chi connectivity index (χ1n) is 14.1. The Morgan fingerprint density at radius 3 is 2.56 bits per heavy atom. The third-order valence-corrected chi connectivity index (χ3v) is 8.26. The Hall–Kier alpha value is -3.76. The second kappa shape index (κ2) is 10.9. The molecule has 218 valence electrons. The maximum atomic E-state index is 13.4. The van der Waals surface area contributed by atoms with Gasteiger partial charge in [0.05, 0.1) is 5.57 Å². The number of anilines is 1. The van der Waals surface area contributed by atoms with Crippen molar-refractivity contribution < 1.29 is 23.1 Å². The summed E-state index contributed by atoms with van der Waals surface area (Å²) in [6, 6.07) is 3.95. The smallest absolute Gasteiger partial charge is 0.416 e. The minimum absolute atomic E-state index is 0.0835. The van der Waals surface area contributed by atoms with Gasteiger partial charge in [0.25, 0.3) is 0 Å². The van der Waals surface area contributed by atoms with Crippen LogP contribution in [0.25, 0.3) is 22.7 Å². The van der Waals surface area contributed by atoms with Crippen LogP contribution < -0.4 is 5.32 Å². The Morgan fingerprint density at radius 2 is 2.00 bits per heavy atom. The number of halogens is 3. The first-order valence-corrected chi connectivity index (χ1v) is 14.1. The van der Waals surface area contributed by atoms with E-state index in [1.807, 2.05) is 23.6 Å². The molecular weight excluding hydrogens is 533 g/mol. The highest BCUT2D eigenvalue weighted by Gasteiger charge is 2.37. The summed E-state index contributed by atoms with van der Waals surface area (Å²) in [4.78, 5) is 30.1. The fraction of sp³-hybridized carbons (Fsp3) is 0.500. The molecule has 1 saturated carbocycles. The average molecular weight is 569 g/mol. The second-order valence-electron chi connectivity index (χ2n) is 11.7. The van der Waals surface area contributed by atoms with E-state index in [1.165, 1.54) is 6.08 Å². The zero-order chi connectivity index (χ0) is 29.5. The molecule has 11 heteroatoms. The highest BCUT2D eigenvalue weighted by atomic mass is 19.4. The number of aromatic nitrogens is 5. The van der Waals surface area contributed by atoms with Crippen molar-refractivity contribution in [1.82, 2.24) is 24.5 Å². The molecule has 0 aliphatic heterocycles. The molecule has 2 aliphatic carbocycles. The standard InChI is InChI=1S/C30H35F3N6O2/c1-5-21(18-7-6-8-18)35-24-23-25(37-26(36-24)28(40)41)38-27(22-15-19(17(2)3)11-14-34-22)39(23)16-29(4)12-9-20(10-13-29)30(31,32)33/h9-12,14-15,17-18,21H,5-8,13,16H2,1-4H3,(H,40,41)(H,35,36,37)/t21-,29?/m0/s1. The first kappa shape index (κ1) is 28.8. The monoisotopic (exact) mass is 568 g/mol. The Balaban J connectivity index is 1.69. The van der Waals surface area contributed by atoms with Gasteiger partial charge in [0.15, 0.2) is 17.3 Å². The number of hydrogen-bond donors (Lipinski definition) is 2. The fourth-order valence-electron chi connectivity index (χ4n) is 5.54. The van der Waals surface area contributed by atoms with Crippen LogP contribution in [0, 0.1) is 11.3 Å². The van der Waals surface area contributed by atoms with E-state index < -0.39 is 23.1 Å². The van der Waals surface area contributed by atoms with Gasteiger partial charge in [0.1, 0.15) is 11.2 Å². The van der Waals surface area contributed by atoms with Gasteiger partial charge in [-0.2, -0.15) is 13.2 Å². The van der Waals surface area contributed by atoms with Gasteiger partial charge >= 0.3 is 12.1 Å². The minimum Gasteiger partial charge on any atom is -0.475 e. The summed E-state index contributed by atoms with van der Waals surface area (Å²) in [5.74, 6) is -0.148. The van der Waals surface area contributed by atoms with Crippen LogP contribution in [0.5, 0.6) is 0 Å². The number of imidazole rings is 1. The number of allylic oxidation sites excluding steroid dienone is 4. The molecule has 5 rings (SSSR count). The van der Waals surface area contributed by atoms with Gasteiger partial charge in [-0.25, -0.2) is 19.7 Å². The van der Waals surface area contributed by atoms with Crippen molar-refractivity contribution in [2.45, 2.75) is 84.5 Å². The molecule has 0 amide bonds. The SMILES string of the molecule is CC[C@H](Nc1nc(C(=O)O)nc2nc(-c3cc(C(C)C)ccn3)n(CC3(C)C=CC(C(F)(F)F)=CC3)c12)C1CCC1. The third kappa shape index (κ3) is 5.85. The van der Waals surface area contributed by atoms with E-state index in [0.717, 1.165) is 37.3 Å². The van der Waals surface area contributed by atoms with Crippen molar-refractivity contribution in [3.63, 3.8) is 0 Å². The summed E-state index contributed by atoms with van der Waals surface area (Å²) < 4.78 is 42.0. The van der Waals surface area contributed by atoms with Crippen molar-refractivity contribution in [2.24, 2.45) is 11.3 Å². The number of pyridine rings is 1. The van der Waals surface area contributed by atoms with Gasteiger partial charge in [-0.15, -0.1) is 0 Å². The lowest BCUT2D eigenvalue weighted by atomic mass is 9.79. The Morgan fingerprint density at radius 1 is 1.24 bits per heavy atom. The number of aromatic carboxylic acids is 1. The largest absolute Gasteiger partial charge is 0.475 e. The van der Waals surface area contributed by atoms with Crippen LogP contribution in [-0.2, 0) is 6.54 Å². The molecule has 3 aromatic rings. The van der Waals surface area contributed by atoms with Gasteiger partial charge < -0.3 is 15.0 Å². The highest BCUT2D eigenvalue weighted by molar-refractivity contribution is 5.92. The van der Waals surface area contributed by atoms with Gasteiger partial charge in [0.2, 0.25) is 5.82 Å². The summed E-state index contributed by atoms with van der Waals surface area (Å²) in [5, 5.41) is 13.3. The van der Waals surface area contributed by atoms with Crippen molar-refractivity contribution >= 4 is 23.0 Å². The number of carboxylic acids is 1. The van der Waals surface area contributed by atoms with E-state index >= 15 is 0 Å². The minimum atomic E-state index is -4.42. The van der Waals surface area contributed by atoms with Crippen LogP contribution in [0.3, 0.4) is 0 Å². The topological polar surface area (TPSA) is 106 Å². The van der Waals surface area contributed by atoms with E-state index in [1.54, 1.807) is 12.3 Å². The quantitative estimate of drug-likeness (QED) is 0.282. The van der Waals surface area contributed by atoms with Crippen LogP contribution in [0.2, 0.25) is 0 Å². The highest BCUT2D eigenvalue weighted by Crippen LogP contribution is 2.40. The van der Waals surface area contributed by atoms with E-state index in [9.17, 15) is 23.1 Å². The number of alkyl halides is 3. The zero-order valence-corrected chi connectivity index (χ0v) is 23.7. The third-order valence-electron chi connectivity index (χ3n) is 8.26. The summed E-state index contributed by atoms with van der Waals surface area (Å²) in [6.07, 6.45) is 5.52. The molecule has 3 heterocycles. The van der Waals surface area contributed by atoms with Crippen molar-refractivity contribution in [2.75, 3.05) is 5.32 Å². The Kier molecular flexibility index (Phi) is 7.65. The maximum absolute atomic E-state index is 13.4. The number of nitrogens with one attached hydrogen (secondary N) is 1. The van der Waals surface area contributed by atoms with Gasteiger partial charge in [0, 0.05) is 24.2 Å². The summed E-state index contributed by atoms with van der Waals surface area (Å²) in [5.41, 5.74) is 0.970. The number of carbonyl (C=O) groups is 1. The molecule has 2 atom stereocenters. The van der Waals surface area contributed by atoms with Gasteiger partial charge in [-0.05, 0) is 55.2 Å². The molecule has 0 spiro atoms. The molecule has 2 aliphatic rings. The van der Waals surface area contributed by atoms with E-state index in [0.29, 0.717) is 28.8 Å². The van der Waals surface area contributed by atoms with Crippen LogP contribution in [-0.4, -0.2) is 47.8 Å². The molecule has 1 fully saturated rings. The predicted octanol–water partition coefficient (Wildman–Crippen LogP) is 7.16. The average Bonchev–Trinajstić information content (AvgIpc) is 3.24. The fourth-order valence-corrected chi connectivity index (χ4v) is 5.54. The van der Waals surface area contributed by atoms with Crippen LogP contribution >= 0.6 is 0 Å². The van der Waals surface area contributed by atoms with Crippen LogP contribution in [0.4, 0.5) is 19.0 Å². The van der Waals surface area contributed by atoms with E-state index in [2.05, 4.69) is 41.0 Å². The molecule has 1 unspecified atom stereocenters.